The predicted octanol–water partition coefficient (Wildman–Crippen LogP) is 1.58. The van der Waals surface area contributed by atoms with E-state index in [2.05, 4.69) is 11.9 Å². The molecule has 5 nitrogen and oxygen atoms in total. The third-order valence-electron chi connectivity index (χ3n) is 4.89. The second-order valence-corrected chi connectivity index (χ2v) is 6.51. The number of hydrogen-bond donors (Lipinski definition) is 1. The van der Waals surface area contributed by atoms with E-state index < -0.39 is 5.60 Å². The Morgan fingerprint density at radius 2 is 1.90 bits per heavy atom. The average Bonchev–Trinajstić information content (AvgIpc) is 2.48. The van der Waals surface area contributed by atoms with Crippen LogP contribution in [0.3, 0.4) is 0 Å². The number of aliphatic hydroxyl groups is 1. The lowest BCUT2D eigenvalue weighted by molar-refractivity contribution is -0.151. The fraction of sp³-hybridized carbons (Fsp3) is 0.938. The van der Waals surface area contributed by atoms with Crippen LogP contribution in [0, 0.1) is 5.92 Å². The topological polar surface area (TPSA) is 59.0 Å². The van der Waals surface area contributed by atoms with E-state index >= 15 is 0 Å². The van der Waals surface area contributed by atoms with Crippen molar-refractivity contribution in [2.45, 2.75) is 57.1 Å². The molecule has 2 rings (SSSR count). The molecule has 0 radical (unpaired) electrons. The van der Waals surface area contributed by atoms with Crippen molar-refractivity contribution >= 4 is 5.97 Å². The van der Waals surface area contributed by atoms with Gasteiger partial charge in [-0.15, -0.1) is 0 Å². The van der Waals surface area contributed by atoms with Gasteiger partial charge in [0.15, 0.2) is 0 Å². The smallest absolute Gasteiger partial charge is 0.308 e. The summed E-state index contributed by atoms with van der Waals surface area (Å²) in [7, 11) is 2.09. The van der Waals surface area contributed by atoms with Gasteiger partial charge in [0.2, 0.25) is 0 Å². The van der Waals surface area contributed by atoms with Crippen molar-refractivity contribution < 1.29 is 19.4 Å². The summed E-state index contributed by atoms with van der Waals surface area (Å²) in [6.07, 6.45) is 4.91. The van der Waals surface area contributed by atoms with Crippen molar-refractivity contribution in [1.82, 2.24) is 4.90 Å². The number of ether oxygens (including phenoxy) is 2. The van der Waals surface area contributed by atoms with Crippen molar-refractivity contribution in [3.63, 3.8) is 0 Å². The highest BCUT2D eigenvalue weighted by molar-refractivity contribution is 5.72. The minimum atomic E-state index is -0.657. The molecule has 0 bridgehead atoms. The quantitative estimate of drug-likeness (QED) is 0.781. The van der Waals surface area contributed by atoms with Crippen LogP contribution in [0.4, 0.5) is 0 Å². The Labute approximate surface area is 127 Å². The summed E-state index contributed by atoms with van der Waals surface area (Å²) in [6.45, 7) is 4.59. The Balaban J connectivity index is 1.79. The SMILES string of the molecule is CCOC(=O)C1CCC(O)(CN(C)C2CCOCC2)CC1. The number of nitrogens with zero attached hydrogens (tertiary/aromatic N) is 1. The minimum Gasteiger partial charge on any atom is -0.466 e. The molecule has 0 atom stereocenters. The molecule has 0 aromatic rings. The normalized spacial score (nSPS) is 31.3. The first-order valence-corrected chi connectivity index (χ1v) is 8.21. The van der Waals surface area contributed by atoms with Gasteiger partial charge in [-0.25, -0.2) is 0 Å². The molecule has 2 aliphatic rings. The highest BCUT2D eigenvalue weighted by atomic mass is 16.5. The van der Waals surface area contributed by atoms with Crippen LogP contribution in [-0.2, 0) is 14.3 Å². The maximum atomic E-state index is 11.8. The van der Waals surface area contributed by atoms with Crippen LogP contribution in [0.15, 0.2) is 0 Å². The monoisotopic (exact) mass is 299 g/mol. The molecule has 1 heterocycles. The fourth-order valence-corrected chi connectivity index (χ4v) is 3.53. The molecule has 2 fully saturated rings. The molecule has 1 aliphatic carbocycles. The molecule has 0 amide bonds. The van der Waals surface area contributed by atoms with Crippen molar-refractivity contribution in [3.05, 3.63) is 0 Å². The molecule has 21 heavy (non-hydrogen) atoms. The van der Waals surface area contributed by atoms with Gasteiger partial charge in [-0.3, -0.25) is 4.79 Å². The Morgan fingerprint density at radius 3 is 2.48 bits per heavy atom. The van der Waals surface area contributed by atoms with Crippen LogP contribution < -0.4 is 0 Å². The van der Waals surface area contributed by atoms with Gasteiger partial charge in [-0.1, -0.05) is 0 Å². The summed E-state index contributed by atoms with van der Waals surface area (Å²) in [4.78, 5) is 14.0. The zero-order chi connectivity index (χ0) is 15.3. The number of esters is 1. The van der Waals surface area contributed by atoms with Gasteiger partial charge in [0.05, 0.1) is 18.1 Å². The number of likely N-dealkylation sites (N-methyl/N-ethyl adjacent to an activating group) is 1. The van der Waals surface area contributed by atoms with Gasteiger partial charge in [0, 0.05) is 25.8 Å². The highest BCUT2D eigenvalue weighted by Gasteiger charge is 2.38. The van der Waals surface area contributed by atoms with Crippen molar-refractivity contribution in [2.75, 3.05) is 33.4 Å². The van der Waals surface area contributed by atoms with E-state index in [1.54, 1.807) is 0 Å². The summed E-state index contributed by atoms with van der Waals surface area (Å²) < 4.78 is 10.5. The van der Waals surface area contributed by atoms with Crippen molar-refractivity contribution in [3.8, 4) is 0 Å². The van der Waals surface area contributed by atoms with Gasteiger partial charge in [0.25, 0.3) is 0 Å². The number of carbonyl (C=O) groups is 1. The minimum absolute atomic E-state index is 0.0291. The lowest BCUT2D eigenvalue weighted by Gasteiger charge is -2.41. The molecule has 0 spiro atoms. The lowest BCUT2D eigenvalue weighted by atomic mass is 9.78. The first-order valence-electron chi connectivity index (χ1n) is 8.21. The molecule has 0 aromatic heterocycles. The fourth-order valence-electron chi connectivity index (χ4n) is 3.53. The Hall–Kier alpha value is -0.650. The summed E-state index contributed by atoms with van der Waals surface area (Å²) >= 11 is 0. The lowest BCUT2D eigenvalue weighted by Crippen LogP contribution is -2.49. The highest BCUT2D eigenvalue weighted by Crippen LogP contribution is 2.34. The number of carbonyl (C=O) groups excluding carboxylic acids is 1. The van der Waals surface area contributed by atoms with Crippen molar-refractivity contribution in [1.29, 1.82) is 0 Å². The van der Waals surface area contributed by atoms with Crippen LogP contribution >= 0.6 is 0 Å². The zero-order valence-corrected chi connectivity index (χ0v) is 13.3. The molecular weight excluding hydrogens is 270 g/mol. The Morgan fingerprint density at radius 1 is 1.29 bits per heavy atom. The summed E-state index contributed by atoms with van der Waals surface area (Å²) in [5.41, 5.74) is -0.657. The molecular formula is C16H29NO4. The zero-order valence-electron chi connectivity index (χ0n) is 13.3. The number of hydrogen-bond acceptors (Lipinski definition) is 5. The molecule has 1 saturated heterocycles. The largest absolute Gasteiger partial charge is 0.466 e. The van der Waals surface area contributed by atoms with E-state index in [0.717, 1.165) is 38.9 Å². The van der Waals surface area contributed by atoms with Gasteiger partial charge in [-0.2, -0.15) is 0 Å². The van der Waals surface area contributed by atoms with E-state index in [-0.39, 0.29) is 11.9 Å². The molecule has 1 saturated carbocycles. The van der Waals surface area contributed by atoms with Gasteiger partial charge in [0.1, 0.15) is 0 Å². The molecule has 122 valence electrons. The summed E-state index contributed by atoms with van der Waals surface area (Å²) in [5.74, 6) is -0.129. The molecule has 1 N–H and O–H groups in total. The van der Waals surface area contributed by atoms with Crippen LogP contribution in [0.5, 0.6) is 0 Å². The van der Waals surface area contributed by atoms with Gasteiger partial charge >= 0.3 is 5.97 Å². The summed E-state index contributed by atoms with van der Waals surface area (Å²) in [5, 5.41) is 10.8. The molecule has 0 unspecified atom stereocenters. The second kappa shape index (κ2) is 7.56. The Bertz CT molecular complexity index is 333. The van der Waals surface area contributed by atoms with Crippen LogP contribution in [0.2, 0.25) is 0 Å². The first kappa shape index (κ1) is 16.7. The third kappa shape index (κ3) is 4.66. The maximum absolute atomic E-state index is 11.8. The Kier molecular flexibility index (Phi) is 6.02. The van der Waals surface area contributed by atoms with E-state index in [1.165, 1.54) is 0 Å². The number of rotatable bonds is 5. The van der Waals surface area contributed by atoms with Gasteiger partial charge in [-0.05, 0) is 52.5 Å². The van der Waals surface area contributed by atoms with E-state index in [9.17, 15) is 9.90 Å². The average molecular weight is 299 g/mol. The predicted molar refractivity (Wildman–Crippen MR) is 80.0 cm³/mol. The van der Waals surface area contributed by atoms with E-state index in [4.69, 9.17) is 9.47 Å². The van der Waals surface area contributed by atoms with E-state index in [1.807, 2.05) is 6.92 Å². The summed E-state index contributed by atoms with van der Waals surface area (Å²) in [6, 6.07) is 0.505. The third-order valence-corrected chi connectivity index (χ3v) is 4.89. The maximum Gasteiger partial charge on any atom is 0.308 e. The van der Waals surface area contributed by atoms with Crippen LogP contribution in [0.1, 0.15) is 45.4 Å². The van der Waals surface area contributed by atoms with Crippen LogP contribution in [-0.4, -0.2) is 61.0 Å². The van der Waals surface area contributed by atoms with Crippen LogP contribution in [0.25, 0.3) is 0 Å². The van der Waals surface area contributed by atoms with Crippen molar-refractivity contribution in [2.24, 2.45) is 5.92 Å². The molecule has 5 heteroatoms. The van der Waals surface area contributed by atoms with E-state index in [0.29, 0.717) is 32.0 Å². The standard InChI is InChI=1S/C16H29NO4/c1-3-21-15(18)13-4-8-16(19,9-5-13)12-17(2)14-6-10-20-11-7-14/h13-14,19H,3-12H2,1-2H3. The second-order valence-electron chi connectivity index (χ2n) is 6.51. The first-order chi connectivity index (χ1) is 10.0. The van der Waals surface area contributed by atoms with Gasteiger partial charge < -0.3 is 19.5 Å². The molecule has 0 aromatic carbocycles. The molecule has 1 aliphatic heterocycles.